The number of hydrogen-bond acceptors (Lipinski definition) is 2. The molecule has 2 nitrogen and oxygen atoms in total. The Bertz CT molecular complexity index is 430. The summed E-state index contributed by atoms with van der Waals surface area (Å²) in [5, 5.41) is 2.77. The molecule has 19 heavy (non-hydrogen) atoms. The van der Waals surface area contributed by atoms with E-state index in [1.54, 1.807) is 6.07 Å². The third kappa shape index (κ3) is 4.01. The summed E-state index contributed by atoms with van der Waals surface area (Å²) < 4.78 is 43.3. The topological polar surface area (TPSA) is 21.3 Å². The van der Waals surface area contributed by atoms with Crippen molar-refractivity contribution in [2.24, 2.45) is 5.92 Å². The van der Waals surface area contributed by atoms with E-state index >= 15 is 0 Å². The Morgan fingerprint density at radius 3 is 2.58 bits per heavy atom. The van der Waals surface area contributed by atoms with Crippen LogP contribution in [0.1, 0.15) is 18.4 Å². The molecular formula is C13H15ClF3NO. The van der Waals surface area contributed by atoms with E-state index in [0.717, 1.165) is 32.1 Å². The fourth-order valence-electron chi connectivity index (χ4n) is 2.07. The molecular weight excluding hydrogens is 279 g/mol. The minimum absolute atomic E-state index is 0.274. The highest BCUT2D eigenvalue weighted by Gasteiger charge is 2.33. The van der Waals surface area contributed by atoms with Gasteiger partial charge in [0.2, 0.25) is 0 Å². The van der Waals surface area contributed by atoms with Crippen LogP contribution in [0.3, 0.4) is 0 Å². The van der Waals surface area contributed by atoms with Crippen molar-refractivity contribution in [3.8, 4) is 0 Å². The predicted molar refractivity (Wildman–Crippen MR) is 68.5 cm³/mol. The average Bonchev–Trinajstić information content (AvgIpc) is 2.37. The Hall–Kier alpha value is -0.940. The molecule has 0 amide bonds. The van der Waals surface area contributed by atoms with Crippen molar-refractivity contribution in [3.63, 3.8) is 0 Å². The molecule has 0 bridgehead atoms. The smallest absolute Gasteiger partial charge is 0.385 e. The van der Waals surface area contributed by atoms with Crippen molar-refractivity contribution < 1.29 is 17.9 Å². The van der Waals surface area contributed by atoms with Crippen molar-refractivity contribution in [2.75, 3.05) is 25.1 Å². The molecule has 1 fully saturated rings. The van der Waals surface area contributed by atoms with Crippen LogP contribution in [0.15, 0.2) is 18.2 Å². The summed E-state index contributed by atoms with van der Waals surface area (Å²) in [7, 11) is 0. The Balaban J connectivity index is 2.00. The van der Waals surface area contributed by atoms with Crippen LogP contribution in [0.25, 0.3) is 0 Å². The molecule has 0 aromatic heterocycles. The molecule has 1 aliphatic heterocycles. The van der Waals surface area contributed by atoms with Gasteiger partial charge in [0.15, 0.2) is 0 Å². The maximum absolute atomic E-state index is 12.7. The van der Waals surface area contributed by atoms with E-state index in [4.69, 9.17) is 16.3 Å². The van der Waals surface area contributed by atoms with Crippen LogP contribution >= 0.6 is 11.6 Å². The summed E-state index contributed by atoms with van der Waals surface area (Å²) in [5.74, 6) is 0.443. The molecule has 0 saturated carbocycles. The van der Waals surface area contributed by atoms with E-state index in [1.807, 2.05) is 0 Å². The Kier molecular flexibility index (Phi) is 4.58. The van der Waals surface area contributed by atoms with Crippen molar-refractivity contribution in [3.05, 3.63) is 28.8 Å². The van der Waals surface area contributed by atoms with Crippen molar-refractivity contribution in [1.29, 1.82) is 0 Å². The second-order valence-corrected chi connectivity index (χ2v) is 5.04. The number of ether oxygens (including phenoxy) is 1. The maximum Gasteiger partial charge on any atom is 0.417 e. The lowest BCUT2D eigenvalue weighted by Crippen LogP contribution is -2.22. The van der Waals surface area contributed by atoms with Gasteiger partial charge >= 0.3 is 6.18 Å². The summed E-state index contributed by atoms with van der Waals surface area (Å²) in [6.45, 7) is 2.10. The normalized spacial score (nSPS) is 17.5. The van der Waals surface area contributed by atoms with Crippen molar-refractivity contribution in [2.45, 2.75) is 19.0 Å². The molecule has 0 atom stereocenters. The minimum Gasteiger partial charge on any atom is -0.385 e. The van der Waals surface area contributed by atoms with E-state index in [9.17, 15) is 13.2 Å². The van der Waals surface area contributed by atoms with Crippen LogP contribution in [0.5, 0.6) is 0 Å². The number of hydrogen-bond donors (Lipinski definition) is 1. The highest BCUT2D eigenvalue weighted by Crippen LogP contribution is 2.36. The lowest BCUT2D eigenvalue weighted by Gasteiger charge is -2.23. The molecule has 1 heterocycles. The molecule has 1 aliphatic rings. The highest BCUT2D eigenvalue weighted by molar-refractivity contribution is 6.31. The summed E-state index contributed by atoms with van der Waals surface area (Å²) >= 11 is 5.57. The van der Waals surface area contributed by atoms with Gasteiger partial charge in [0.05, 0.1) is 10.6 Å². The SMILES string of the molecule is FC(F)(F)c1cc(NCC2CCOCC2)ccc1Cl. The summed E-state index contributed by atoms with van der Waals surface area (Å²) in [6, 6.07) is 3.90. The molecule has 6 heteroatoms. The van der Waals surface area contributed by atoms with Crippen LogP contribution < -0.4 is 5.32 Å². The third-order valence-corrected chi connectivity index (χ3v) is 3.54. The zero-order valence-corrected chi connectivity index (χ0v) is 11.0. The first kappa shape index (κ1) is 14.5. The largest absolute Gasteiger partial charge is 0.417 e. The predicted octanol–water partition coefficient (Wildman–Crippen LogP) is 4.20. The summed E-state index contributed by atoms with van der Waals surface area (Å²) in [4.78, 5) is 0. The van der Waals surface area contributed by atoms with Crippen LogP contribution in [0, 0.1) is 5.92 Å². The van der Waals surface area contributed by atoms with Crippen LogP contribution in [-0.4, -0.2) is 19.8 Å². The highest BCUT2D eigenvalue weighted by atomic mass is 35.5. The first-order chi connectivity index (χ1) is 8.97. The molecule has 1 saturated heterocycles. The molecule has 1 N–H and O–H groups in total. The van der Waals surface area contributed by atoms with Gasteiger partial charge in [-0.2, -0.15) is 13.2 Å². The lowest BCUT2D eigenvalue weighted by atomic mass is 10.0. The standard InChI is InChI=1S/C13H15ClF3NO/c14-12-2-1-10(7-11(12)13(15,16)17)18-8-9-3-5-19-6-4-9/h1-2,7,9,18H,3-6,8H2. The maximum atomic E-state index is 12.7. The van der Waals surface area contributed by atoms with Gasteiger partial charge in [0.1, 0.15) is 0 Å². The monoisotopic (exact) mass is 293 g/mol. The zero-order chi connectivity index (χ0) is 13.9. The fraction of sp³-hybridized carbons (Fsp3) is 0.538. The second-order valence-electron chi connectivity index (χ2n) is 4.63. The number of halogens is 4. The second kappa shape index (κ2) is 6.01. The van der Waals surface area contributed by atoms with Gasteiger partial charge in [-0.1, -0.05) is 11.6 Å². The molecule has 106 valence electrons. The fourth-order valence-corrected chi connectivity index (χ4v) is 2.29. The van der Waals surface area contributed by atoms with Crippen molar-refractivity contribution >= 4 is 17.3 Å². The van der Waals surface area contributed by atoms with Crippen molar-refractivity contribution in [1.82, 2.24) is 0 Å². The minimum atomic E-state index is -4.42. The Labute approximate surface area is 114 Å². The van der Waals surface area contributed by atoms with Gasteiger partial charge in [0.25, 0.3) is 0 Å². The van der Waals surface area contributed by atoms with Crippen LogP contribution in [-0.2, 0) is 10.9 Å². The molecule has 0 spiro atoms. The van der Waals surface area contributed by atoms with Gasteiger partial charge < -0.3 is 10.1 Å². The first-order valence-corrected chi connectivity index (χ1v) is 6.53. The summed E-state index contributed by atoms with van der Waals surface area (Å²) in [5.41, 5.74) is -0.352. The Morgan fingerprint density at radius 2 is 1.95 bits per heavy atom. The van der Waals surface area contributed by atoms with Crippen LogP contribution in [0.2, 0.25) is 5.02 Å². The average molecular weight is 294 g/mol. The summed E-state index contributed by atoms with van der Waals surface area (Å²) in [6.07, 6.45) is -2.55. The number of nitrogens with one attached hydrogen (secondary N) is 1. The van der Waals surface area contributed by atoms with E-state index in [0.29, 0.717) is 18.2 Å². The number of rotatable bonds is 3. The zero-order valence-electron chi connectivity index (χ0n) is 10.3. The van der Waals surface area contributed by atoms with Gasteiger partial charge in [-0.05, 0) is 37.0 Å². The molecule has 2 rings (SSSR count). The van der Waals surface area contributed by atoms with Gasteiger partial charge in [-0.15, -0.1) is 0 Å². The van der Waals surface area contributed by atoms with E-state index in [1.165, 1.54) is 6.07 Å². The van der Waals surface area contributed by atoms with E-state index < -0.39 is 11.7 Å². The van der Waals surface area contributed by atoms with Gasteiger partial charge in [0, 0.05) is 25.4 Å². The molecule has 0 aliphatic carbocycles. The number of alkyl halides is 3. The number of benzene rings is 1. The third-order valence-electron chi connectivity index (χ3n) is 3.21. The number of anilines is 1. The van der Waals surface area contributed by atoms with Gasteiger partial charge in [-0.3, -0.25) is 0 Å². The molecule has 1 aromatic rings. The van der Waals surface area contributed by atoms with Crippen LogP contribution in [0.4, 0.5) is 18.9 Å². The van der Waals surface area contributed by atoms with E-state index in [2.05, 4.69) is 5.32 Å². The van der Waals surface area contributed by atoms with E-state index in [-0.39, 0.29) is 5.02 Å². The molecule has 0 unspecified atom stereocenters. The van der Waals surface area contributed by atoms with Gasteiger partial charge in [-0.25, -0.2) is 0 Å². The Morgan fingerprint density at radius 1 is 1.26 bits per heavy atom. The molecule has 0 radical (unpaired) electrons. The quantitative estimate of drug-likeness (QED) is 0.902. The lowest BCUT2D eigenvalue weighted by molar-refractivity contribution is -0.137. The molecule has 1 aromatic carbocycles. The first-order valence-electron chi connectivity index (χ1n) is 6.15.